The van der Waals surface area contributed by atoms with Crippen LogP contribution in [0.1, 0.15) is 12.8 Å². The molecule has 0 aliphatic rings. The molecule has 1 rings (SSSR count). The fourth-order valence-electron chi connectivity index (χ4n) is 1.89. The van der Waals surface area contributed by atoms with E-state index in [1.807, 2.05) is 0 Å². The van der Waals surface area contributed by atoms with E-state index in [4.69, 9.17) is 16.2 Å². The van der Waals surface area contributed by atoms with Crippen molar-refractivity contribution < 1.29 is 14.3 Å². The van der Waals surface area contributed by atoms with Gasteiger partial charge in [-0.3, -0.25) is 14.5 Å². The Morgan fingerprint density at radius 3 is 2.71 bits per heavy atom. The SMILES string of the molecule is COc1ccc(N)cc1NC(=O)CCCN(C)CC(N)=O. The summed E-state index contributed by atoms with van der Waals surface area (Å²) in [5.41, 5.74) is 11.9. The number of likely N-dealkylation sites (N-methyl/N-ethyl adjacent to an activating group) is 1. The van der Waals surface area contributed by atoms with E-state index in [9.17, 15) is 9.59 Å². The number of ether oxygens (including phenoxy) is 1. The number of nitrogens with one attached hydrogen (secondary N) is 1. The molecule has 0 aliphatic heterocycles. The van der Waals surface area contributed by atoms with Crippen molar-refractivity contribution in [2.45, 2.75) is 12.8 Å². The molecule has 1 aromatic rings. The van der Waals surface area contributed by atoms with E-state index in [0.29, 0.717) is 36.5 Å². The van der Waals surface area contributed by atoms with Gasteiger partial charge in [-0.2, -0.15) is 0 Å². The number of carbonyl (C=O) groups is 2. The predicted octanol–water partition coefficient (Wildman–Crippen LogP) is 0.413. The second-order valence-corrected chi connectivity index (χ2v) is 4.82. The van der Waals surface area contributed by atoms with Crippen molar-refractivity contribution >= 4 is 23.2 Å². The molecule has 0 fully saturated rings. The number of nitrogens with two attached hydrogens (primary N) is 2. The minimum absolute atomic E-state index is 0.133. The lowest BCUT2D eigenvalue weighted by atomic mass is 10.2. The van der Waals surface area contributed by atoms with Crippen LogP contribution in [-0.4, -0.2) is 44.0 Å². The highest BCUT2D eigenvalue weighted by Gasteiger charge is 2.09. The summed E-state index contributed by atoms with van der Waals surface area (Å²) in [6.45, 7) is 0.801. The summed E-state index contributed by atoms with van der Waals surface area (Å²) in [7, 11) is 3.31. The van der Waals surface area contributed by atoms with E-state index in [2.05, 4.69) is 5.32 Å². The number of hydrogen-bond acceptors (Lipinski definition) is 5. The van der Waals surface area contributed by atoms with E-state index < -0.39 is 0 Å². The highest BCUT2D eigenvalue weighted by atomic mass is 16.5. The molecule has 0 atom stereocenters. The number of hydrogen-bond donors (Lipinski definition) is 3. The normalized spacial score (nSPS) is 10.4. The van der Waals surface area contributed by atoms with Crippen LogP contribution in [0, 0.1) is 0 Å². The summed E-state index contributed by atoms with van der Waals surface area (Å²) < 4.78 is 5.16. The third-order valence-corrected chi connectivity index (χ3v) is 2.87. The second-order valence-electron chi connectivity index (χ2n) is 4.82. The van der Waals surface area contributed by atoms with Crippen LogP contribution in [0.3, 0.4) is 0 Å². The Balaban J connectivity index is 2.44. The molecule has 0 radical (unpaired) electrons. The summed E-state index contributed by atoms with van der Waals surface area (Å²) in [6, 6.07) is 5.05. The van der Waals surface area contributed by atoms with Gasteiger partial charge in [-0.25, -0.2) is 0 Å². The molecule has 5 N–H and O–H groups in total. The van der Waals surface area contributed by atoms with Gasteiger partial charge in [0.15, 0.2) is 0 Å². The first-order valence-corrected chi connectivity index (χ1v) is 6.62. The van der Waals surface area contributed by atoms with Gasteiger partial charge in [0, 0.05) is 12.1 Å². The van der Waals surface area contributed by atoms with E-state index in [-0.39, 0.29) is 18.4 Å². The quantitative estimate of drug-likeness (QED) is 0.601. The smallest absolute Gasteiger partial charge is 0.231 e. The standard InChI is InChI=1S/C14H22N4O3/c1-18(9-13(16)19)7-3-4-14(20)17-11-8-10(15)5-6-12(11)21-2/h5-6,8H,3-4,7,9,15H2,1-2H3,(H2,16,19)(H,17,20). The van der Waals surface area contributed by atoms with Crippen molar-refractivity contribution in [2.24, 2.45) is 5.73 Å². The molecule has 0 saturated carbocycles. The Labute approximate surface area is 124 Å². The Morgan fingerprint density at radius 2 is 2.10 bits per heavy atom. The fraction of sp³-hybridized carbons (Fsp3) is 0.429. The first-order chi connectivity index (χ1) is 9.92. The van der Waals surface area contributed by atoms with Gasteiger partial charge >= 0.3 is 0 Å². The zero-order valence-electron chi connectivity index (χ0n) is 12.4. The number of rotatable bonds is 8. The zero-order chi connectivity index (χ0) is 15.8. The third-order valence-electron chi connectivity index (χ3n) is 2.87. The lowest BCUT2D eigenvalue weighted by Gasteiger charge is -2.14. The van der Waals surface area contributed by atoms with Crippen molar-refractivity contribution in [1.82, 2.24) is 4.90 Å². The Hall–Kier alpha value is -2.28. The maximum Gasteiger partial charge on any atom is 0.231 e. The molecule has 0 bridgehead atoms. The first kappa shape index (κ1) is 16.8. The molecular formula is C14H22N4O3. The fourth-order valence-corrected chi connectivity index (χ4v) is 1.89. The van der Waals surface area contributed by atoms with E-state index >= 15 is 0 Å². The van der Waals surface area contributed by atoms with Crippen molar-refractivity contribution in [3.8, 4) is 5.75 Å². The molecule has 2 amide bonds. The summed E-state index contributed by atoms with van der Waals surface area (Å²) >= 11 is 0. The summed E-state index contributed by atoms with van der Waals surface area (Å²) in [5, 5.41) is 2.76. The van der Waals surface area contributed by atoms with Crippen LogP contribution in [0.5, 0.6) is 5.75 Å². The van der Waals surface area contributed by atoms with Crippen LogP contribution >= 0.6 is 0 Å². The van der Waals surface area contributed by atoms with Gasteiger partial charge < -0.3 is 21.5 Å². The molecule has 0 spiro atoms. The molecule has 0 aliphatic carbocycles. The molecule has 21 heavy (non-hydrogen) atoms. The van der Waals surface area contributed by atoms with Gasteiger partial charge in [-0.05, 0) is 38.2 Å². The average molecular weight is 294 g/mol. The van der Waals surface area contributed by atoms with Gasteiger partial charge in [0.05, 0.1) is 19.3 Å². The third kappa shape index (κ3) is 6.13. The number of amides is 2. The highest BCUT2D eigenvalue weighted by molar-refractivity contribution is 5.92. The number of carbonyl (C=O) groups excluding carboxylic acids is 2. The Morgan fingerprint density at radius 1 is 1.38 bits per heavy atom. The number of benzene rings is 1. The zero-order valence-corrected chi connectivity index (χ0v) is 12.4. The Bertz CT molecular complexity index is 505. The number of primary amides is 1. The van der Waals surface area contributed by atoms with Crippen LogP contribution in [0.4, 0.5) is 11.4 Å². The summed E-state index contributed by atoms with van der Waals surface area (Å²) in [5.74, 6) is 0.0428. The van der Waals surface area contributed by atoms with E-state index in [1.165, 1.54) is 7.11 Å². The number of nitrogens with zero attached hydrogens (tertiary/aromatic N) is 1. The average Bonchev–Trinajstić information content (AvgIpc) is 2.38. The molecular weight excluding hydrogens is 272 g/mol. The van der Waals surface area contributed by atoms with Crippen LogP contribution in [0.25, 0.3) is 0 Å². The monoisotopic (exact) mass is 294 g/mol. The van der Waals surface area contributed by atoms with Crippen LogP contribution in [0.15, 0.2) is 18.2 Å². The van der Waals surface area contributed by atoms with Crippen molar-refractivity contribution in [1.29, 1.82) is 0 Å². The molecule has 7 nitrogen and oxygen atoms in total. The molecule has 0 aromatic heterocycles. The van der Waals surface area contributed by atoms with Crippen molar-refractivity contribution in [2.75, 3.05) is 38.3 Å². The van der Waals surface area contributed by atoms with Gasteiger partial charge in [-0.1, -0.05) is 0 Å². The molecule has 1 aromatic carbocycles. The lowest BCUT2D eigenvalue weighted by Crippen LogP contribution is -2.31. The van der Waals surface area contributed by atoms with Crippen molar-refractivity contribution in [3.63, 3.8) is 0 Å². The van der Waals surface area contributed by atoms with E-state index in [1.54, 1.807) is 30.1 Å². The van der Waals surface area contributed by atoms with Crippen LogP contribution in [-0.2, 0) is 9.59 Å². The van der Waals surface area contributed by atoms with Gasteiger partial charge in [0.25, 0.3) is 0 Å². The molecule has 116 valence electrons. The minimum Gasteiger partial charge on any atom is -0.495 e. The first-order valence-electron chi connectivity index (χ1n) is 6.62. The predicted molar refractivity (Wildman–Crippen MR) is 82.0 cm³/mol. The molecule has 7 heteroatoms. The topological polar surface area (TPSA) is 111 Å². The summed E-state index contributed by atoms with van der Waals surface area (Å²) in [6.07, 6.45) is 0.960. The van der Waals surface area contributed by atoms with Crippen LogP contribution < -0.4 is 21.5 Å². The minimum atomic E-state index is -0.383. The molecule has 0 saturated heterocycles. The number of nitrogen functional groups attached to an aromatic ring is 1. The van der Waals surface area contributed by atoms with Crippen LogP contribution in [0.2, 0.25) is 0 Å². The molecule has 0 heterocycles. The second kappa shape index (κ2) is 8.11. The largest absolute Gasteiger partial charge is 0.495 e. The van der Waals surface area contributed by atoms with Crippen molar-refractivity contribution in [3.05, 3.63) is 18.2 Å². The van der Waals surface area contributed by atoms with E-state index in [0.717, 1.165) is 0 Å². The number of anilines is 2. The maximum absolute atomic E-state index is 11.9. The number of methoxy groups -OCH3 is 1. The molecule has 0 unspecified atom stereocenters. The maximum atomic E-state index is 11.9. The highest BCUT2D eigenvalue weighted by Crippen LogP contribution is 2.26. The summed E-state index contributed by atoms with van der Waals surface area (Å²) in [4.78, 5) is 24.4. The van der Waals surface area contributed by atoms with Gasteiger partial charge in [-0.15, -0.1) is 0 Å². The van der Waals surface area contributed by atoms with Gasteiger partial charge in [0.2, 0.25) is 11.8 Å². The lowest BCUT2D eigenvalue weighted by molar-refractivity contribution is -0.118. The Kier molecular flexibility index (Phi) is 6.48. The van der Waals surface area contributed by atoms with Gasteiger partial charge in [0.1, 0.15) is 5.75 Å².